The second kappa shape index (κ2) is 10.5. The monoisotopic (exact) mass is 422 g/mol. The maximum absolute atomic E-state index is 12.6. The molecule has 0 unspecified atom stereocenters. The molecule has 1 aromatic heterocycles. The number of aromatic nitrogens is 1. The summed E-state index contributed by atoms with van der Waals surface area (Å²) in [6, 6.07) is 15.2. The van der Waals surface area contributed by atoms with E-state index in [9.17, 15) is 9.59 Å². The van der Waals surface area contributed by atoms with Gasteiger partial charge in [-0.25, -0.2) is 4.98 Å². The van der Waals surface area contributed by atoms with E-state index in [0.29, 0.717) is 29.3 Å². The number of hydrogen-bond donors (Lipinski definition) is 3. The Kier molecular flexibility index (Phi) is 7.57. The number of rotatable bonds is 9. The van der Waals surface area contributed by atoms with Crippen LogP contribution in [0.4, 0.5) is 10.7 Å². The van der Waals surface area contributed by atoms with Crippen molar-refractivity contribution in [3.05, 3.63) is 76.4 Å². The van der Waals surface area contributed by atoms with Gasteiger partial charge in [-0.2, -0.15) is 0 Å². The minimum atomic E-state index is -0.243. The molecule has 3 N–H and O–H groups in total. The normalized spacial score (nSPS) is 10.5. The lowest BCUT2D eigenvalue weighted by atomic mass is 10.1. The van der Waals surface area contributed by atoms with Crippen LogP contribution < -0.4 is 16.0 Å². The Morgan fingerprint density at radius 1 is 0.967 bits per heavy atom. The molecule has 0 spiro atoms. The van der Waals surface area contributed by atoms with E-state index >= 15 is 0 Å². The number of hydrogen-bond acceptors (Lipinski definition) is 5. The van der Waals surface area contributed by atoms with Crippen LogP contribution in [0, 0.1) is 6.92 Å². The van der Waals surface area contributed by atoms with Crippen molar-refractivity contribution in [2.24, 2.45) is 0 Å². The van der Waals surface area contributed by atoms with E-state index in [0.717, 1.165) is 24.1 Å². The predicted octanol–water partition coefficient (Wildman–Crippen LogP) is 4.66. The summed E-state index contributed by atoms with van der Waals surface area (Å²) >= 11 is 1.38. The molecule has 0 atom stereocenters. The molecule has 0 aliphatic carbocycles. The van der Waals surface area contributed by atoms with Crippen molar-refractivity contribution in [1.82, 2.24) is 15.6 Å². The van der Waals surface area contributed by atoms with E-state index in [1.807, 2.05) is 43.3 Å². The maximum atomic E-state index is 12.6. The summed E-state index contributed by atoms with van der Waals surface area (Å²) < 4.78 is 0. The molecule has 2 amide bonds. The van der Waals surface area contributed by atoms with Gasteiger partial charge in [0.05, 0.1) is 5.51 Å². The zero-order valence-electron chi connectivity index (χ0n) is 17.2. The molecule has 156 valence electrons. The molecule has 0 saturated carbocycles. The first-order valence-corrected chi connectivity index (χ1v) is 10.9. The third kappa shape index (κ3) is 5.90. The van der Waals surface area contributed by atoms with Crippen molar-refractivity contribution < 1.29 is 9.59 Å². The van der Waals surface area contributed by atoms with E-state index < -0.39 is 0 Å². The number of nitrogens with zero attached hydrogens (tertiary/aromatic N) is 1. The lowest BCUT2D eigenvalue weighted by Crippen LogP contribution is -2.25. The predicted molar refractivity (Wildman–Crippen MR) is 121 cm³/mol. The SMILES string of the molecule is CCCCNC(=O)c1ccc(CNC(=O)c2ncsc2Nc2ccc(C)cc2)cc1. The molecule has 0 radical (unpaired) electrons. The van der Waals surface area contributed by atoms with Crippen molar-refractivity contribution in [1.29, 1.82) is 0 Å². The molecule has 3 aromatic rings. The molecule has 0 bridgehead atoms. The number of aryl methyl sites for hydroxylation is 1. The molecule has 0 aliphatic rings. The second-order valence-electron chi connectivity index (χ2n) is 7.01. The molecule has 0 fully saturated rings. The number of unbranched alkanes of at least 4 members (excludes halogenated alkanes) is 1. The van der Waals surface area contributed by atoms with Crippen LogP contribution in [0.25, 0.3) is 0 Å². The zero-order chi connectivity index (χ0) is 21.3. The highest BCUT2D eigenvalue weighted by Crippen LogP contribution is 2.25. The highest BCUT2D eigenvalue weighted by molar-refractivity contribution is 7.14. The van der Waals surface area contributed by atoms with Gasteiger partial charge < -0.3 is 16.0 Å². The number of carbonyl (C=O) groups excluding carboxylic acids is 2. The van der Waals surface area contributed by atoms with Crippen LogP contribution in [0.2, 0.25) is 0 Å². The van der Waals surface area contributed by atoms with Gasteiger partial charge in [-0.05, 0) is 43.2 Å². The summed E-state index contributed by atoms with van der Waals surface area (Å²) in [6.07, 6.45) is 2.01. The van der Waals surface area contributed by atoms with Crippen LogP contribution in [-0.4, -0.2) is 23.3 Å². The van der Waals surface area contributed by atoms with Gasteiger partial charge in [0.1, 0.15) is 5.00 Å². The van der Waals surface area contributed by atoms with Gasteiger partial charge in [0, 0.05) is 24.3 Å². The molecule has 1 heterocycles. The second-order valence-corrected chi connectivity index (χ2v) is 7.86. The largest absolute Gasteiger partial charge is 0.352 e. The third-order valence-electron chi connectivity index (χ3n) is 4.58. The number of anilines is 2. The van der Waals surface area contributed by atoms with Crippen LogP contribution >= 0.6 is 11.3 Å². The van der Waals surface area contributed by atoms with E-state index in [1.54, 1.807) is 17.6 Å². The number of amides is 2. The van der Waals surface area contributed by atoms with Crippen LogP contribution in [0.3, 0.4) is 0 Å². The number of nitrogens with one attached hydrogen (secondary N) is 3. The van der Waals surface area contributed by atoms with E-state index in [2.05, 4.69) is 27.9 Å². The Balaban J connectivity index is 1.55. The van der Waals surface area contributed by atoms with E-state index in [4.69, 9.17) is 0 Å². The first-order valence-electron chi connectivity index (χ1n) is 9.99. The summed E-state index contributed by atoms with van der Waals surface area (Å²) in [5.74, 6) is -0.319. The van der Waals surface area contributed by atoms with Crippen LogP contribution in [0.15, 0.2) is 54.0 Å². The maximum Gasteiger partial charge on any atom is 0.273 e. The summed E-state index contributed by atoms with van der Waals surface area (Å²) in [5, 5.41) is 9.74. The van der Waals surface area contributed by atoms with Crippen molar-refractivity contribution >= 4 is 33.8 Å². The first-order chi connectivity index (χ1) is 14.6. The van der Waals surface area contributed by atoms with Gasteiger partial charge in [0.25, 0.3) is 11.8 Å². The Labute approximate surface area is 180 Å². The van der Waals surface area contributed by atoms with Crippen molar-refractivity contribution in [3.63, 3.8) is 0 Å². The lowest BCUT2D eigenvalue weighted by Gasteiger charge is -2.09. The molecule has 2 aromatic carbocycles. The Hall–Kier alpha value is -3.19. The summed E-state index contributed by atoms with van der Waals surface area (Å²) in [4.78, 5) is 28.9. The summed E-state index contributed by atoms with van der Waals surface area (Å²) in [6.45, 7) is 5.15. The smallest absolute Gasteiger partial charge is 0.273 e. The van der Waals surface area contributed by atoms with E-state index in [1.165, 1.54) is 16.9 Å². The minimum absolute atomic E-state index is 0.0756. The van der Waals surface area contributed by atoms with Gasteiger partial charge in [-0.15, -0.1) is 11.3 Å². The molecular formula is C23H26N4O2S. The Bertz CT molecular complexity index is 981. The van der Waals surface area contributed by atoms with Gasteiger partial charge >= 0.3 is 0 Å². The molecular weight excluding hydrogens is 396 g/mol. The lowest BCUT2D eigenvalue weighted by molar-refractivity contribution is 0.0940. The van der Waals surface area contributed by atoms with Crippen molar-refractivity contribution in [3.8, 4) is 0 Å². The fourth-order valence-corrected chi connectivity index (χ4v) is 3.48. The molecule has 30 heavy (non-hydrogen) atoms. The molecule has 6 nitrogen and oxygen atoms in total. The topological polar surface area (TPSA) is 83.1 Å². The summed E-state index contributed by atoms with van der Waals surface area (Å²) in [7, 11) is 0. The van der Waals surface area contributed by atoms with Crippen molar-refractivity contribution in [2.75, 3.05) is 11.9 Å². The summed E-state index contributed by atoms with van der Waals surface area (Å²) in [5.41, 5.74) is 5.63. The van der Waals surface area contributed by atoms with Crippen LogP contribution in [0.5, 0.6) is 0 Å². The number of carbonyl (C=O) groups is 2. The minimum Gasteiger partial charge on any atom is -0.352 e. The Morgan fingerprint density at radius 3 is 2.40 bits per heavy atom. The molecule has 3 rings (SSSR count). The average Bonchev–Trinajstić information content (AvgIpc) is 3.22. The third-order valence-corrected chi connectivity index (χ3v) is 5.32. The van der Waals surface area contributed by atoms with Gasteiger partial charge in [0.15, 0.2) is 5.69 Å². The van der Waals surface area contributed by atoms with Gasteiger partial charge in [-0.3, -0.25) is 9.59 Å². The van der Waals surface area contributed by atoms with Gasteiger partial charge in [0.2, 0.25) is 0 Å². The Morgan fingerprint density at radius 2 is 1.70 bits per heavy atom. The van der Waals surface area contributed by atoms with Gasteiger partial charge in [-0.1, -0.05) is 43.2 Å². The standard InChI is InChI=1S/C23H26N4O2S/c1-3-4-13-24-21(28)18-9-7-17(8-10-18)14-25-22(29)20-23(30-15-26-20)27-19-11-5-16(2)6-12-19/h5-12,15,27H,3-4,13-14H2,1-2H3,(H,24,28)(H,25,29). The van der Waals surface area contributed by atoms with Crippen LogP contribution in [-0.2, 0) is 6.54 Å². The highest BCUT2D eigenvalue weighted by atomic mass is 32.1. The first kappa shape index (κ1) is 21.5. The van der Waals surface area contributed by atoms with E-state index in [-0.39, 0.29) is 11.8 Å². The number of thiazole rings is 1. The fraction of sp³-hybridized carbons (Fsp3) is 0.261. The fourth-order valence-electron chi connectivity index (χ4n) is 2.79. The quantitative estimate of drug-likeness (QED) is 0.438. The zero-order valence-corrected chi connectivity index (χ0v) is 18.0. The van der Waals surface area contributed by atoms with Crippen LogP contribution in [0.1, 0.15) is 51.7 Å². The molecule has 7 heteroatoms. The highest BCUT2D eigenvalue weighted by Gasteiger charge is 2.15. The molecule has 0 aliphatic heterocycles. The number of benzene rings is 2. The van der Waals surface area contributed by atoms with Crippen molar-refractivity contribution in [2.45, 2.75) is 33.2 Å². The average molecular weight is 423 g/mol. The molecule has 0 saturated heterocycles.